The SMILES string of the molecule is CCOc1cc(/C=N\NC(=O)C(=O)Nc2ccccc2OC)ccc1OCC(=O)O. The monoisotopic (exact) mass is 415 g/mol. The van der Waals surface area contributed by atoms with Crippen molar-refractivity contribution in [1.82, 2.24) is 5.43 Å². The fourth-order valence-electron chi connectivity index (χ4n) is 2.28. The Balaban J connectivity index is 1.99. The van der Waals surface area contributed by atoms with E-state index in [-0.39, 0.29) is 5.75 Å². The Morgan fingerprint density at radius 3 is 2.50 bits per heavy atom. The summed E-state index contributed by atoms with van der Waals surface area (Å²) in [6.07, 6.45) is 1.30. The molecule has 0 unspecified atom stereocenters. The predicted molar refractivity (Wildman–Crippen MR) is 108 cm³/mol. The van der Waals surface area contributed by atoms with E-state index in [1.54, 1.807) is 43.3 Å². The third kappa shape index (κ3) is 6.51. The van der Waals surface area contributed by atoms with Crippen molar-refractivity contribution >= 4 is 29.7 Å². The maximum Gasteiger partial charge on any atom is 0.341 e. The minimum absolute atomic E-state index is 0.261. The second kappa shape index (κ2) is 11.1. The molecular formula is C20H21N3O7. The molecule has 0 fully saturated rings. The first-order chi connectivity index (χ1) is 14.4. The molecule has 0 spiro atoms. The number of nitrogens with zero attached hydrogens (tertiary/aromatic N) is 1. The van der Waals surface area contributed by atoms with Gasteiger partial charge in [-0.15, -0.1) is 0 Å². The number of amides is 2. The van der Waals surface area contributed by atoms with Crippen molar-refractivity contribution in [2.24, 2.45) is 5.10 Å². The van der Waals surface area contributed by atoms with Gasteiger partial charge >= 0.3 is 17.8 Å². The van der Waals surface area contributed by atoms with Crippen molar-refractivity contribution in [3.8, 4) is 17.2 Å². The van der Waals surface area contributed by atoms with Crippen LogP contribution in [0.2, 0.25) is 0 Å². The lowest BCUT2D eigenvalue weighted by molar-refractivity contribution is -0.139. The topological polar surface area (TPSA) is 136 Å². The Bertz CT molecular complexity index is 944. The highest BCUT2D eigenvalue weighted by Crippen LogP contribution is 2.28. The number of carbonyl (C=O) groups excluding carboxylic acids is 2. The van der Waals surface area contributed by atoms with Gasteiger partial charge < -0.3 is 24.6 Å². The molecule has 0 saturated carbocycles. The molecule has 0 heterocycles. The Kier molecular flexibility index (Phi) is 8.18. The minimum Gasteiger partial charge on any atom is -0.495 e. The first-order valence-electron chi connectivity index (χ1n) is 8.83. The zero-order valence-electron chi connectivity index (χ0n) is 16.4. The van der Waals surface area contributed by atoms with Crippen LogP contribution in [0.25, 0.3) is 0 Å². The molecule has 0 atom stereocenters. The lowest BCUT2D eigenvalue weighted by Gasteiger charge is -2.11. The first-order valence-corrected chi connectivity index (χ1v) is 8.83. The van der Waals surface area contributed by atoms with Crippen LogP contribution >= 0.6 is 0 Å². The van der Waals surface area contributed by atoms with Gasteiger partial charge in [-0.25, -0.2) is 10.2 Å². The van der Waals surface area contributed by atoms with Gasteiger partial charge in [-0.1, -0.05) is 12.1 Å². The molecule has 0 aromatic heterocycles. The smallest absolute Gasteiger partial charge is 0.341 e. The van der Waals surface area contributed by atoms with Crippen LogP contribution in [0.15, 0.2) is 47.6 Å². The first kappa shape index (κ1) is 22.2. The van der Waals surface area contributed by atoms with Gasteiger partial charge in [0.05, 0.1) is 25.6 Å². The van der Waals surface area contributed by atoms with E-state index in [9.17, 15) is 14.4 Å². The molecule has 0 aliphatic heterocycles. The third-order valence-electron chi connectivity index (χ3n) is 3.56. The van der Waals surface area contributed by atoms with E-state index in [1.165, 1.54) is 19.4 Å². The molecule has 2 aromatic rings. The molecule has 2 amide bonds. The number of para-hydroxylation sites is 2. The number of methoxy groups -OCH3 is 1. The van der Waals surface area contributed by atoms with Crippen molar-refractivity contribution in [3.63, 3.8) is 0 Å². The zero-order chi connectivity index (χ0) is 21.9. The molecule has 0 bridgehead atoms. The van der Waals surface area contributed by atoms with Crippen LogP contribution < -0.4 is 25.0 Å². The van der Waals surface area contributed by atoms with E-state index in [2.05, 4.69) is 15.8 Å². The molecule has 0 aliphatic carbocycles. The van der Waals surface area contributed by atoms with Crippen molar-refractivity contribution in [2.75, 3.05) is 25.6 Å². The van der Waals surface area contributed by atoms with Gasteiger partial charge in [-0.2, -0.15) is 5.10 Å². The molecule has 30 heavy (non-hydrogen) atoms. The van der Waals surface area contributed by atoms with Crippen LogP contribution in [0, 0.1) is 0 Å². The van der Waals surface area contributed by atoms with Crippen LogP contribution in [0.3, 0.4) is 0 Å². The molecular weight excluding hydrogens is 394 g/mol. The molecule has 10 heteroatoms. The zero-order valence-corrected chi connectivity index (χ0v) is 16.4. The summed E-state index contributed by atoms with van der Waals surface area (Å²) in [5.41, 5.74) is 3.01. The molecule has 0 aliphatic rings. The van der Waals surface area contributed by atoms with Crippen molar-refractivity contribution < 1.29 is 33.7 Å². The molecule has 2 aromatic carbocycles. The Morgan fingerprint density at radius 1 is 1.03 bits per heavy atom. The Hall–Kier alpha value is -4.08. The Labute approximate surface area is 172 Å². The van der Waals surface area contributed by atoms with Crippen LogP contribution in [0.5, 0.6) is 17.2 Å². The average Bonchev–Trinajstić information content (AvgIpc) is 2.73. The molecule has 158 valence electrons. The summed E-state index contributed by atoms with van der Waals surface area (Å²) in [6.45, 7) is 1.59. The Morgan fingerprint density at radius 2 is 1.80 bits per heavy atom. The van der Waals surface area contributed by atoms with Gasteiger partial charge in [0.15, 0.2) is 18.1 Å². The summed E-state index contributed by atoms with van der Waals surface area (Å²) < 4.78 is 15.7. The lowest BCUT2D eigenvalue weighted by atomic mass is 10.2. The van der Waals surface area contributed by atoms with Crippen molar-refractivity contribution in [3.05, 3.63) is 48.0 Å². The number of carbonyl (C=O) groups is 3. The van der Waals surface area contributed by atoms with E-state index < -0.39 is 24.4 Å². The second-order valence-electron chi connectivity index (χ2n) is 5.68. The number of rotatable bonds is 9. The van der Waals surface area contributed by atoms with E-state index in [1.807, 2.05) is 0 Å². The number of ether oxygens (including phenoxy) is 3. The fourth-order valence-corrected chi connectivity index (χ4v) is 2.28. The quantitative estimate of drug-likeness (QED) is 0.322. The number of hydrazone groups is 1. The van der Waals surface area contributed by atoms with Gasteiger partial charge in [0, 0.05) is 0 Å². The van der Waals surface area contributed by atoms with Gasteiger partial charge in [-0.3, -0.25) is 9.59 Å². The van der Waals surface area contributed by atoms with E-state index in [0.717, 1.165) is 0 Å². The van der Waals surface area contributed by atoms with Gasteiger partial charge in [0.25, 0.3) is 0 Å². The van der Waals surface area contributed by atoms with E-state index in [0.29, 0.717) is 29.4 Å². The van der Waals surface area contributed by atoms with Crippen LogP contribution in [-0.2, 0) is 14.4 Å². The normalized spacial score (nSPS) is 10.3. The minimum atomic E-state index is -1.11. The number of carboxylic acids is 1. The summed E-state index contributed by atoms with van der Waals surface area (Å²) in [4.78, 5) is 34.6. The average molecular weight is 415 g/mol. The molecule has 10 nitrogen and oxygen atoms in total. The summed E-state index contributed by atoms with van der Waals surface area (Å²) in [5.74, 6) is -2.00. The number of carboxylic acid groups (broad SMARTS) is 1. The highest BCUT2D eigenvalue weighted by molar-refractivity contribution is 6.39. The highest BCUT2D eigenvalue weighted by Gasteiger charge is 2.15. The number of hydrogen-bond donors (Lipinski definition) is 3. The summed E-state index contributed by atoms with van der Waals surface area (Å²) in [6, 6.07) is 11.3. The molecule has 2 rings (SSSR count). The maximum atomic E-state index is 12.0. The van der Waals surface area contributed by atoms with Crippen LogP contribution in [-0.4, -0.2) is 49.4 Å². The number of aliphatic carboxylic acids is 1. The van der Waals surface area contributed by atoms with Gasteiger partial charge in [0.1, 0.15) is 5.75 Å². The summed E-state index contributed by atoms with van der Waals surface area (Å²) in [5, 5.41) is 14.9. The fraction of sp³-hybridized carbons (Fsp3) is 0.200. The number of anilines is 1. The molecule has 0 radical (unpaired) electrons. The lowest BCUT2D eigenvalue weighted by Crippen LogP contribution is -2.32. The molecule has 3 N–H and O–H groups in total. The summed E-state index contributed by atoms with van der Waals surface area (Å²) >= 11 is 0. The summed E-state index contributed by atoms with van der Waals surface area (Å²) in [7, 11) is 1.45. The van der Waals surface area contributed by atoms with Crippen molar-refractivity contribution in [1.29, 1.82) is 0 Å². The number of hydrogen-bond acceptors (Lipinski definition) is 7. The van der Waals surface area contributed by atoms with Crippen LogP contribution in [0.1, 0.15) is 12.5 Å². The van der Waals surface area contributed by atoms with Gasteiger partial charge in [0.2, 0.25) is 0 Å². The number of nitrogens with one attached hydrogen (secondary N) is 2. The van der Waals surface area contributed by atoms with E-state index >= 15 is 0 Å². The predicted octanol–water partition coefficient (Wildman–Crippen LogP) is 1.65. The van der Waals surface area contributed by atoms with Crippen molar-refractivity contribution in [2.45, 2.75) is 6.92 Å². The largest absolute Gasteiger partial charge is 0.495 e. The van der Waals surface area contributed by atoms with Crippen LogP contribution in [0.4, 0.5) is 5.69 Å². The number of benzene rings is 2. The molecule has 0 saturated heterocycles. The third-order valence-corrected chi connectivity index (χ3v) is 3.56. The van der Waals surface area contributed by atoms with Gasteiger partial charge in [-0.05, 0) is 42.8 Å². The highest BCUT2D eigenvalue weighted by atomic mass is 16.5. The standard InChI is InChI=1S/C20H21N3O7/c1-3-29-17-10-13(8-9-16(17)30-12-18(24)25)11-21-23-20(27)19(26)22-14-6-4-5-7-15(14)28-2/h4-11H,3,12H2,1-2H3,(H,22,26)(H,23,27)(H,24,25)/b21-11-. The van der Waals surface area contributed by atoms with E-state index in [4.69, 9.17) is 19.3 Å². The second-order valence-corrected chi connectivity index (χ2v) is 5.68. The maximum absolute atomic E-state index is 12.0.